The number of likely N-dealkylation sites (tertiary alicyclic amines) is 1. The third kappa shape index (κ3) is 2.85. The van der Waals surface area contributed by atoms with E-state index in [1.807, 2.05) is 12.1 Å². The first-order chi connectivity index (χ1) is 8.08. The number of rotatable bonds is 2. The first-order valence-electron chi connectivity index (χ1n) is 6.34. The monoisotopic (exact) mass is 236 g/mol. The highest BCUT2D eigenvalue weighted by Gasteiger charge is 2.29. The van der Waals surface area contributed by atoms with E-state index < -0.39 is 0 Å². The van der Waals surface area contributed by atoms with Crippen LogP contribution < -0.4 is 5.73 Å². The highest BCUT2D eigenvalue weighted by Crippen LogP contribution is 2.31. The number of nitrogens with zero attached hydrogens (tertiary/aromatic N) is 1. The van der Waals surface area contributed by atoms with Crippen molar-refractivity contribution in [2.45, 2.75) is 44.8 Å². The molecule has 0 amide bonds. The Morgan fingerprint density at radius 1 is 1.29 bits per heavy atom. The first-order valence-corrected chi connectivity index (χ1v) is 6.34. The van der Waals surface area contributed by atoms with Crippen LogP contribution >= 0.6 is 0 Å². The van der Waals surface area contributed by atoms with Crippen LogP contribution in [0, 0.1) is 5.82 Å². The number of benzene rings is 1. The standard InChI is InChI=1S/C14H21FN2/c1-10(2)17-8-7-13(16)9-14(17)11-3-5-12(15)6-4-11/h3-6,10,13-14H,7-9,16H2,1-2H3. The summed E-state index contributed by atoms with van der Waals surface area (Å²) in [4.78, 5) is 2.45. The van der Waals surface area contributed by atoms with Gasteiger partial charge in [0.2, 0.25) is 0 Å². The predicted molar refractivity (Wildman–Crippen MR) is 68.2 cm³/mol. The molecular weight excluding hydrogens is 215 g/mol. The van der Waals surface area contributed by atoms with Crippen LogP contribution in [0.4, 0.5) is 4.39 Å². The topological polar surface area (TPSA) is 29.3 Å². The van der Waals surface area contributed by atoms with Crippen LogP contribution in [-0.4, -0.2) is 23.5 Å². The van der Waals surface area contributed by atoms with Gasteiger partial charge in [0.15, 0.2) is 0 Å². The lowest BCUT2D eigenvalue weighted by Crippen LogP contribution is -2.45. The van der Waals surface area contributed by atoms with Gasteiger partial charge in [-0.2, -0.15) is 0 Å². The second-order valence-electron chi connectivity index (χ2n) is 5.18. The number of hydrogen-bond donors (Lipinski definition) is 1. The van der Waals surface area contributed by atoms with Crippen LogP contribution in [0.1, 0.15) is 38.3 Å². The number of hydrogen-bond acceptors (Lipinski definition) is 2. The third-order valence-electron chi connectivity index (χ3n) is 3.60. The van der Waals surface area contributed by atoms with Crippen LogP contribution in [0.3, 0.4) is 0 Å². The zero-order chi connectivity index (χ0) is 12.4. The van der Waals surface area contributed by atoms with E-state index in [0.717, 1.165) is 19.4 Å². The summed E-state index contributed by atoms with van der Waals surface area (Å²) in [5, 5.41) is 0. The van der Waals surface area contributed by atoms with Gasteiger partial charge in [0.05, 0.1) is 0 Å². The first kappa shape index (κ1) is 12.5. The van der Waals surface area contributed by atoms with Crippen LogP contribution in [-0.2, 0) is 0 Å². The Balaban J connectivity index is 2.22. The summed E-state index contributed by atoms with van der Waals surface area (Å²) in [7, 11) is 0. The van der Waals surface area contributed by atoms with Crippen molar-refractivity contribution in [1.82, 2.24) is 4.90 Å². The molecule has 2 atom stereocenters. The van der Waals surface area contributed by atoms with Gasteiger partial charge in [0.25, 0.3) is 0 Å². The normalized spacial score (nSPS) is 26.4. The maximum Gasteiger partial charge on any atom is 0.123 e. The van der Waals surface area contributed by atoms with Crippen molar-refractivity contribution in [3.63, 3.8) is 0 Å². The van der Waals surface area contributed by atoms with Gasteiger partial charge in [-0.1, -0.05) is 12.1 Å². The van der Waals surface area contributed by atoms with E-state index in [0.29, 0.717) is 12.1 Å². The summed E-state index contributed by atoms with van der Waals surface area (Å²) < 4.78 is 12.9. The van der Waals surface area contributed by atoms with E-state index in [-0.39, 0.29) is 11.9 Å². The van der Waals surface area contributed by atoms with Crippen LogP contribution in [0.5, 0.6) is 0 Å². The average Bonchev–Trinajstić information content (AvgIpc) is 2.29. The van der Waals surface area contributed by atoms with E-state index in [2.05, 4.69) is 18.7 Å². The van der Waals surface area contributed by atoms with Crippen molar-refractivity contribution < 1.29 is 4.39 Å². The van der Waals surface area contributed by atoms with E-state index in [4.69, 9.17) is 5.73 Å². The predicted octanol–water partition coefficient (Wildman–Crippen LogP) is 2.70. The second kappa shape index (κ2) is 5.15. The quantitative estimate of drug-likeness (QED) is 0.855. The molecule has 1 saturated heterocycles. The Kier molecular flexibility index (Phi) is 3.79. The number of halogens is 1. The molecule has 1 aliphatic rings. The van der Waals surface area contributed by atoms with Crippen molar-refractivity contribution in [2.24, 2.45) is 5.73 Å². The highest BCUT2D eigenvalue weighted by molar-refractivity contribution is 5.21. The van der Waals surface area contributed by atoms with E-state index >= 15 is 0 Å². The van der Waals surface area contributed by atoms with Crippen LogP contribution in [0.15, 0.2) is 24.3 Å². The van der Waals surface area contributed by atoms with Gasteiger partial charge in [-0.3, -0.25) is 4.90 Å². The molecule has 2 unspecified atom stereocenters. The van der Waals surface area contributed by atoms with Crippen LogP contribution in [0.25, 0.3) is 0 Å². The fourth-order valence-corrected chi connectivity index (χ4v) is 2.64. The lowest BCUT2D eigenvalue weighted by molar-refractivity contribution is 0.101. The SMILES string of the molecule is CC(C)N1CCC(N)CC1c1ccc(F)cc1. The average molecular weight is 236 g/mol. The largest absolute Gasteiger partial charge is 0.328 e. The minimum Gasteiger partial charge on any atom is -0.328 e. The lowest BCUT2D eigenvalue weighted by atomic mass is 9.91. The molecule has 0 aromatic heterocycles. The molecule has 3 heteroatoms. The maximum atomic E-state index is 12.9. The molecule has 1 aromatic carbocycles. The van der Waals surface area contributed by atoms with Crippen molar-refractivity contribution in [3.05, 3.63) is 35.6 Å². The summed E-state index contributed by atoms with van der Waals surface area (Å²) in [6.07, 6.45) is 2.01. The van der Waals surface area contributed by atoms with Gasteiger partial charge in [-0.15, -0.1) is 0 Å². The van der Waals surface area contributed by atoms with Gasteiger partial charge >= 0.3 is 0 Å². The fourth-order valence-electron chi connectivity index (χ4n) is 2.64. The summed E-state index contributed by atoms with van der Waals surface area (Å²) in [6.45, 7) is 5.43. The van der Waals surface area contributed by atoms with Crippen molar-refractivity contribution in [3.8, 4) is 0 Å². The Morgan fingerprint density at radius 3 is 2.53 bits per heavy atom. The Bertz CT molecular complexity index is 361. The van der Waals surface area contributed by atoms with Gasteiger partial charge in [0.1, 0.15) is 5.82 Å². The third-order valence-corrected chi connectivity index (χ3v) is 3.60. The maximum absolute atomic E-state index is 12.9. The molecule has 1 aromatic rings. The minimum absolute atomic E-state index is 0.176. The summed E-state index contributed by atoms with van der Waals surface area (Å²) >= 11 is 0. The highest BCUT2D eigenvalue weighted by atomic mass is 19.1. The molecule has 1 aliphatic heterocycles. The van der Waals surface area contributed by atoms with Gasteiger partial charge in [-0.25, -0.2) is 4.39 Å². The summed E-state index contributed by atoms with van der Waals surface area (Å²) in [5.74, 6) is -0.176. The van der Waals surface area contributed by atoms with E-state index in [1.165, 1.54) is 17.7 Å². The molecule has 17 heavy (non-hydrogen) atoms. The fraction of sp³-hybridized carbons (Fsp3) is 0.571. The molecule has 94 valence electrons. The van der Waals surface area contributed by atoms with Crippen molar-refractivity contribution >= 4 is 0 Å². The van der Waals surface area contributed by atoms with E-state index in [1.54, 1.807) is 0 Å². The zero-order valence-corrected chi connectivity index (χ0v) is 10.6. The van der Waals surface area contributed by atoms with Crippen molar-refractivity contribution in [2.75, 3.05) is 6.54 Å². The van der Waals surface area contributed by atoms with Gasteiger partial charge in [-0.05, 0) is 44.4 Å². The van der Waals surface area contributed by atoms with Crippen molar-refractivity contribution in [1.29, 1.82) is 0 Å². The van der Waals surface area contributed by atoms with Gasteiger partial charge in [0, 0.05) is 24.7 Å². The molecule has 1 heterocycles. The molecule has 0 saturated carbocycles. The Labute approximate surface area is 103 Å². The molecule has 0 radical (unpaired) electrons. The summed E-state index contributed by atoms with van der Waals surface area (Å²) in [5.41, 5.74) is 7.23. The zero-order valence-electron chi connectivity index (χ0n) is 10.6. The van der Waals surface area contributed by atoms with Crippen LogP contribution in [0.2, 0.25) is 0 Å². The molecule has 2 rings (SSSR count). The van der Waals surface area contributed by atoms with E-state index in [9.17, 15) is 4.39 Å². The Morgan fingerprint density at radius 2 is 1.94 bits per heavy atom. The Hall–Kier alpha value is -0.930. The summed E-state index contributed by atoms with van der Waals surface area (Å²) in [6, 6.07) is 7.93. The molecular formula is C14H21FN2. The number of nitrogens with two attached hydrogens (primary N) is 1. The smallest absolute Gasteiger partial charge is 0.123 e. The minimum atomic E-state index is -0.176. The number of piperidine rings is 1. The lowest BCUT2D eigenvalue weighted by Gasteiger charge is -2.41. The van der Waals surface area contributed by atoms with Gasteiger partial charge < -0.3 is 5.73 Å². The molecule has 0 aliphatic carbocycles. The molecule has 1 fully saturated rings. The molecule has 2 nitrogen and oxygen atoms in total. The second-order valence-corrected chi connectivity index (χ2v) is 5.18. The molecule has 0 bridgehead atoms. The molecule has 2 N–H and O–H groups in total. The molecule has 0 spiro atoms.